The molecule has 2 aliphatic carbocycles. The molecule has 0 nitrogen and oxygen atoms in total. The Hall–Kier alpha value is 0.0649. The first-order valence-electron chi connectivity index (χ1n) is 10.4. The summed E-state index contributed by atoms with van der Waals surface area (Å²) in [7, 11) is 6.93. The van der Waals surface area contributed by atoms with E-state index in [1.165, 1.54) is 96.3 Å². The molecule has 2 aliphatic rings. The SMILES string of the molecule is [B]C1(C(C)CCC(C)C2CCCC2)CCCCCCCCC1. The van der Waals surface area contributed by atoms with Gasteiger partial charge in [0.15, 0.2) is 0 Å². The van der Waals surface area contributed by atoms with E-state index in [-0.39, 0.29) is 5.31 Å². The van der Waals surface area contributed by atoms with E-state index in [1.807, 2.05) is 0 Å². The second-order valence-electron chi connectivity index (χ2n) is 8.71. The number of hydrogen-bond acceptors (Lipinski definition) is 0. The average molecular weight is 302 g/mol. The zero-order valence-electron chi connectivity index (χ0n) is 15.4. The van der Waals surface area contributed by atoms with E-state index in [9.17, 15) is 0 Å². The van der Waals surface area contributed by atoms with Crippen LogP contribution in [0, 0.1) is 17.8 Å². The number of hydrogen-bond donors (Lipinski definition) is 0. The topological polar surface area (TPSA) is 0 Å². The first-order valence-corrected chi connectivity index (χ1v) is 10.4. The van der Waals surface area contributed by atoms with Crippen molar-refractivity contribution in [3.05, 3.63) is 0 Å². The van der Waals surface area contributed by atoms with Gasteiger partial charge in [-0.05, 0) is 17.8 Å². The molecule has 0 aromatic rings. The lowest BCUT2D eigenvalue weighted by Crippen LogP contribution is -2.24. The first-order chi connectivity index (χ1) is 10.6. The summed E-state index contributed by atoms with van der Waals surface area (Å²) in [5, 5.41) is 0.132. The van der Waals surface area contributed by atoms with E-state index < -0.39 is 0 Å². The molecule has 0 aromatic carbocycles. The summed E-state index contributed by atoms with van der Waals surface area (Å²) in [6.45, 7) is 4.95. The van der Waals surface area contributed by atoms with Gasteiger partial charge in [0, 0.05) is 0 Å². The molecule has 2 atom stereocenters. The normalized spacial score (nSPS) is 27.4. The van der Waals surface area contributed by atoms with Crippen LogP contribution in [0.3, 0.4) is 0 Å². The summed E-state index contributed by atoms with van der Waals surface area (Å²) in [5.74, 6) is 2.65. The summed E-state index contributed by atoms with van der Waals surface area (Å²) in [6, 6.07) is 0. The van der Waals surface area contributed by atoms with Crippen molar-refractivity contribution in [1.82, 2.24) is 0 Å². The molecule has 22 heavy (non-hydrogen) atoms. The summed E-state index contributed by atoms with van der Waals surface area (Å²) in [6.07, 6.45) is 21.1. The second kappa shape index (κ2) is 9.38. The van der Waals surface area contributed by atoms with Crippen LogP contribution in [-0.2, 0) is 0 Å². The van der Waals surface area contributed by atoms with Crippen LogP contribution in [-0.4, -0.2) is 7.85 Å². The summed E-state index contributed by atoms with van der Waals surface area (Å²) in [4.78, 5) is 0. The lowest BCUT2D eigenvalue weighted by molar-refractivity contribution is 0.256. The summed E-state index contributed by atoms with van der Waals surface area (Å²) in [5.41, 5.74) is 0. The molecule has 2 fully saturated rings. The highest BCUT2D eigenvalue weighted by Crippen LogP contribution is 2.46. The Kier molecular flexibility index (Phi) is 7.85. The number of rotatable bonds is 5. The third kappa shape index (κ3) is 5.61. The van der Waals surface area contributed by atoms with E-state index >= 15 is 0 Å². The Morgan fingerprint density at radius 3 is 1.82 bits per heavy atom. The van der Waals surface area contributed by atoms with Gasteiger partial charge < -0.3 is 0 Å². The van der Waals surface area contributed by atoms with Gasteiger partial charge in [-0.1, -0.05) is 115 Å². The molecule has 0 spiro atoms. The van der Waals surface area contributed by atoms with Gasteiger partial charge in [0.1, 0.15) is 0 Å². The highest BCUT2D eigenvalue weighted by Gasteiger charge is 2.30. The maximum absolute atomic E-state index is 6.93. The maximum Gasteiger partial charge on any atom is 0.0749 e. The molecule has 2 unspecified atom stereocenters. The summed E-state index contributed by atoms with van der Waals surface area (Å²) >= 11 is 0. The van der Waals surface area contributed by atoms with Crippen LogP contribution in [0.4, 0.5) is 0 Å². The van der Waals surface area contributed by atoms with Crippen LogP contribution >= 0.6 is 0 Å². The largest absolute Gasteiger partial charge is 0.0749 e. The molecule has 0 N–H and O–H groups in total. The van der Waals surface area contributed by atoms with Crippen LogP contribution in [0.2, 0.25) is 5.31 Å². The van der Waals surface area contributed by atoms with Crippen molar-refractivity contribution in [2.75, 3.05) is 0 Å². The zero-order chi connectivity index (χ0) is 15.8. The van der Waals surface area contributed by atoms with Gasteiger partial charge in [0.2, 0.25) is 0 Å². The average Bonchev–Trinajstić information content (AvgIpc) is 3.05. The van der Waals surface area contributed by atoms with Gasteiger partial charge in [-0.15, -0.1) is 0 Å². The minimum Gasteiger partial charge on any atom is -0.0635 e. The molecule has 126 valence electrons. The van der Waals surface area contributed by atoms with E-state index in [0.29, 0.717) is 5.92 Å². The minimum atomic E-state index is 0.132. The Balaban J connectivity index is 1.79. The highest BCUT2D eigenvalue weighted by atomic mass is 14.3. The van der Waals surface area contributed by atoms with Crippen LogP contribution in [0.1, 0.15) is 110 Å². The van der Waals surface area contributed by atoms with Crippen molar-refractivity contribution >= 4 is 7.85 Å². The van der Waals surface area contributed by atoms with Gasteiger partial charge in [0.25, 0.3) is 0 Å². The zero-order valence-corrected chi connectivity index (χ0v) is 15.4. The predicted octanol–water partition coefficient (Wildman–Crippen LogP) is 7.08. The molecular weight excluding hydrogens is 263 g/mol. The minimum absolute atomic E-state index is 0.132. The Morgan fingerprint density at radius 1 is 0.773 bits per heavy atom. The van der Waals surface area contributed by atoms with Gasteiger partial charge in [0.05, 0.1) is 7.85 Å². The molecule has 0 aliphatic heterocycles. The smallest absolute Gasteiger partial charge is 0.0635 e. The van der Waals surface area contributed by atoms with Crippen LogP contribution in [0.5, 0.6) is 0 Å². The fourth-order valence-electron chi connectivity index (χ4n) is 4.97. The predicted molar refractivity (Wildman–Crippen MR) is 99.5 cm³/mol. The van der Waals surface area contributed by atoms with E-state index in [1.54, 1.807) is 0 Å². The molecule has 2 rings (SSSR count). The maximum atomic E-state index is 6.93. The van der Waals surface area contributed by atoms with E-state index in [2.05, 4.69) is 13.8 Å². The van der Waals surface area contributed by atoms with Crippen molar-refractivity contribution in [2.45, 2.75) is 115 Å². The molecule has 0 bridgehead atoms. The van der Waals surface area contributed by atoms with Gasteiger partial charge in [-0.3, -0.25) is 0 Å². The standard InChI is InChI=1S/C21H39B/c1-18(20-12-8-9-13-20)14-15-19(2)21(22)16-10-6-4-3-5-7-11-17-21/h18-20H,3-17H2,1-2H3. The van der Waals surface area contributed by atoms with Gasteiger partial charge in [-0.25, -0.2) is 0 Å². The van der Waals surface area contributed by atoms with Crippen LogP contribution < -0.4 is 0 Å². The monoisotopic (exact) mass is 302 g/mol. The first kappa shape index (κ1) is 18.4. The van der Waals surface area contributed by atoms with Gasteiger partial charge in [-0.2, -0.15) is 0 Å². The van der Waals surface area contributed by atoms with Crippen molar-refractivity contribution in [1.29, 1.82) is 0 Å². The molecule has 2 saturated carbocycles. The van der Waals surface area contributed by atoms with Crippen molar-refractivity contribution in [3.8, 4) is 0 Å². The summed E-state index contributed by atoms with van der Waals surface area (Å²) < 4.78 is 0. The fraction of sp³-hybridized carbons (Fsp3) is 1.00. The lowest BCUT2D eigenvalue weighted by Gasteiger charge is -2.38. The van der Waals surface area contributed by atoms with Gasteiger partial charge >= 0.3 is 0 Å². The molecular formula is C21H39B. The van der Waals surface area contributed by atoms with Crippen LogP contribution in [0.15, 0.2) is 0 Å². The van der Waals surface area contributed by atoms with Crippen LogP contribution in [0.25, 0.3) is 0 Å². The molecule has 0 aromatic heterocycles. The molecule has 2 radical (unpaired) electrons. The highest BCUT2D eigenvalue weighted by molar-refractivity contribution is 6.15. The Labute approximate surface area is 141 Å². The van der Waals surface area contributed by atoms with E-state index in [0.717, 1.165) is 11.8 Å². The fourth-order valence-corrected chi connectivity index (χ4v) is 4.97. The lowest BCUT2D eigenvalue weighted by atomic mass is 9.55. The Morgan fingerprint density at radius 2 is 1.27 bits per heavy atom. The molecule has 0 heterocycles. The molecule has 1 heteroatoms. The van der Waals surface area contributed by atoms with Crippen molar-refractivity contribution < 1.29 is 0 Å². The second-order valence-corrected chi connectivity index (χ2v) is 8.71. The quantitative estimate of drug-likeness (QED) is 0.476. The van der Waals surface area contributed by atoms with Crippen molar-refractivity contribution in [2.24, 2.45) is 17.8 Å². The molecule has 0 saturated heterocycles. The molecule has 0 amide bonds. The van der Waals surface area contributed by atoms with E-state index in [4.69, 9.17) is 7.85 Å². The van der Waals surface area contributed by atoms with Crippen molar-refractivity contribution in [3.63, 3.8) is 0 Å². The third-order valence-corrected chi connectivity index (χ3v) is 7.03. The third-order valence-electron chi connectivity index (χ3n) is 7.03. The Bertz CT molecular complexity index is 282.